The molecule has 0 unspecified atom stereocenters. The zero-order valence-corrected chi connectivity index (χ0v) is 15.1. The number of aromatic nitrogens is 1. The summed E-state index contributed by atoms with van der Waals surface area (Å²) in [5.41, 5.74) is -0.205. The van der Waals surface area contributed by atoms with Gasteiger partial charge in [-0.25, -0.2) is 0 Å². The molecule has 0 fully saturated rings. The first-order valence-corrected chi connectivity index (χ1v) is 8.36. The number of carbonyl (C=O) groups excluding carboxylic acids is 2. The van der Waals surface area contributed by atoms with Crippen molar-refractivity contribution >= 4 is 29.1 Å². The zero-order valence-electron chi connectivity index (χ0n) is 14.4. The molecule has 0 aliphatic rings. The van der Waals surface area contributed by atoms with Crippen LogP contribution < -0.4 is 10.2 Å². The maximum atomic E-state index is 12.9. The second-order valence-electron chi connectivity index (χ2n) is 5.72. The molecule has 0 aliphatic heterocycles. The van der Waals surface area contributed by atoms with Crippen molar-refractivity contribution < 1.29 is 22.8 Å². The van der Waals surface area contributed by atoms with Crippen molar-refractivity contribution in [1.29, 1.82) is 0 Å². The Labute approximate surface area is 159 Å². The minimum Gasteiger partial charge on any atom is -0.352 e. The van der Waals surface area contributed by atoms with Crippen molar-refractivity contribution in [3.8, 4) is 0 Å². The third-order valence-corrected chi connectivity index (χ3v) is 4.04. The van der Waals surface area contributed by atoms with Crippen LogP contribution in [0.25, 0.3) is 0 Å². The molecule has 144 valence electrons. The maximum Gasteiger partial charge on any atom is 0.416 e. The van der Waals surface area contributed by atoms with Crippen LogP contribution in [0, 0.1) is 0 Å². The van der Waals surface area contributed by atoms with Crippen LogP contribution >= 0.6 is 11.6 Å². The van der Waals surface area contributed by atoms with Crippen LogP contribution in [0.2, 0.25) is 5.02 Å². The van der Waals surface area contributed by atoms with E-state index in [1.54, 1.807) is 24.5 Å². The summed E-state index contributed by atoms with van der Waals surface area (Å²) < 4.78 is 38.8. The summed E-state index contributed by atoms with van der Waals surface area (Å²) in [6.07, 6.45) is -1.45. The van der Waals surface area contributed by atoms with Gasteiger partial charge < -0.3 is 10.2 Å². The Morgan fingerprint density at radius 2 is 2.00 bits per heavy atom. The first kappa shape index (κ1) is 20.7. The Morgan fingerprint density at radius 3 is 2.59 bits per heavy atom. The standard InChI is InChI=1S/C18H17ClF3N3O2/c1-12(26)25(16-9-14(18(20,21)22)4-5-15(16)19)8-6-17(27)24-11-13-3-2-7-23-10-13/h2-5,7,9-10H,6,8,11H2,1H3,(H,24,27). The normalized spacial score (nSPS) is 11.1. The van der Waals surface area contributed by atoms with Crippen molar-refractivity contribution in [3.05, 3.63) is 58.9 Å². The molecule has 2 rings (SSSR count). The smallest absolute Gasteiger partial charge is 0.352 e. The van der Waals surface area contributed by atoms with E-state index in [2.05, 4.69) is 10.3 Å². The molecule has 0 atom stereocenters. The Bertz CT molecular complexity index is 813. The lowest BCUT2D eigenvalue weighted by Gasteiger charge is -2.23. The molecule has 2 amide bonds. The second kappa shape index (κ2) is 8.85. The lowest BCUT2D eigenvalue weighted by molar-refractivity contribution is -0.137. The molecule has 0 bridgehead atoms. The maximum absolute atomic E-state index is 12.9. The van der Waals surface area contributed by atoms with Crippen LogP contribution in [-0.4, -0.2) is 23.3 Å². The van der Waals surface area contributed by atoms with Crippen LogP contribution in [0.15, 0.2) is 42.7 Å². The largest absolute Gasteiger partial charge is 0.416 e. The summed E-state index contributed by atoms with van der Waals surface area (Å²) >= 11 is 5.97. The molecule has 1 aromatic carbocycles. The van der Waals surface area contributed by atoms with Gasteiger partial charge in [0.1, 0.15) is 0 Å². The van der Waals surface area contributed by atoms with E-state index in [-0.39, 0.29) is 36.1 Å². The topological polar surface area (TPSA) is 62.3 Å². The van der Waals surface area contributed by atoms with E-state index in [9.17, 15) is 22.8 Å². The summed E-state index contributed by atoms with van der Waals surface area (Å²) in [6, 6.07) is 6.24. The minimum atomic E-state index is -4.57. The highest BCUT2D eigenvalue weighted by Gasteiger charge is 2.32. The molecular weight excluding hydrogens is 383 g/mol. The summed E-state index contributed by atoms with van der Waals surface area (Å²) in [6.45, 7) is 1.36. The number of carbonyl (C=O) groups is 2. The number of benzene rings is 1. The third-order valence-electron chi connectivity index (χ3n) is 3.72. The first-order valence-electron chi connectivity index (χ1n) is 7.99. The SMILES string of the molecule is CC(=O)N(CCC(=O)NCc1cccnc1)c1cc(C(F)(F)F)ccc1Cl. The third kappa shape index (κ3) is 5.96. The fourth-order valence-electron chi connectivity index (χ4n) is 2.35. The fraction of sp³-hybridized carbons (Fsp3) is 0.278. The van der Waals surface area contributed by atoms with E-state index < -0.39 is 17.6 Å². The average molecular weight is 400 g/mol. The monoisotopic (exact) mass is 399 g/mol. The van der Waals surface area contributed by atoms with Gasteiger partial charge in [0.15, 0.2) is 0 Å². The molecule has 2 aromatic rings. The highest BCUT2D eigenvalue weighted by atomic mass is 35.5. The van der Waals surface area contributed by atoms with Crippen LogP contribution in [0.4, 0.5) is 18.9 Å². The number of nitrogens with one attached hydrogen (secondary N) is 1. The molecule has 0 saturated carbocycles. The van der Waals surface area contributed by atoms with Gasteiger partial charge in [-0.3, -0.25) is 14.6 Å². The molecule has 9 heteroatoms. The number of amides is 2. The summed E-state index contributed by atoms with van der Waals surface area (Å²) in [5, 5.41) is 2.66. The van der Waals surface area contributed by atoms with E-state index in [1.807, 2.05) is 0 Å². The Balaban J connectivity index is 2.05. The van der Waals surface area contributed by atoms with Crippen molar-refractivity contribution in [2.24, 2.45) is 0 Å². The summed E-state index contributed by atoms with van der Waals surface area (Å²) in [7, 11) is 0. The lowest BCUT2D eigenvalue weighted by Crippen LogP contribution is -2.34. The van der Waals surface area contributed by atoms with Crippen LogP contribution in [0.3, 0.4) is 0 Å². The van der Waals surface area contributed by atoms with Gasteiger partial charge >= 0.3 is 6.18 Å². The van der Waals surface area contributed by atoms with Gasteiger partial charge in [-0.15, -0.1) is 0 Å². The highest BCUT2D eigenvalue weighted by molar-refractivity contribution is 6.33. The van der Waals surface area contributed by atoms with Gasteiger partial charge in [0.25, 0.3) is 0 Å². The van der Waals surface area contributed by atoms with Crippen molar-refractivity contribution in [1.82, 2.24) is 10.3 Å². The van der Waals surface area contributed by atoms with E-state index in [0.29, 0.717) is 0 Å². The molecule has 0 saturated heterocycles. The molecule has 1 heterocycles. The number of halogens is 4. The number of hydrogen-bond donors (Lipinski definition) is 1. The van der Waals surface area contributed by atoms with E-state index in [0.717, 1.165) is 28.7 Å². The van der Waals surface area contributed by atoms with Crippen molar-refractivity contribution in [3.63, 3.8) is 0 Å². The van der Waals surface area contributed by atoms with Gasteiger partial charge in [0.05, 0.1) is 16.3 Å². The molecule has 0 aliphatic carbocycles. The van der Waals surface area contributed by atoms with Gasteiger partial charge in [-0.2, -0.15) is 13.2 Å². The first-order chi connectivity index (χ1) is 12.7. The second-order valence-corrected chi connectivity index (χ2v) is 6.13. The molecular formula is C18H17ClF3N3O2. The van der Waals surface area contributed by atoms with E-state index in [1.165, 1.54) is 6.92 Å². The Hall–Kier alpha value is -2.61. The predicted octanol–water partition coefficient (Wildman–Crippen LogP) is 3.81. The quantitative estimate of drug-likeness (QED) is 0.803. The zero-order chi connectivity index (χ0) is 20.0. The minimum absolute atomic E-state index is 0.00559. The van der Waals surface area contributed by atoms with Gasteiger partial charge in [-0.05, 0) is 29.8 Å². The molecule has 0 spiro atoms. The fourth-order valence-corrected chi connectivity index (χ4v) is 2.57. The van der Waals surface area contributed by atoms with Crippen molar-refractivity contribution in [2.45, 2.75) is 26.1 Å². The van der Waals surface area contributed by atoms with E-state index in [4.69, 9.17) is 11.6 Å². The summed E-state index contributed by atoms with van der Waals surface area (Å²) in [4.78, 5) is 28.9. The molecule has 0 radical (unpaired) electrons. The van der Waals surface area contributed by atoms with Crippen LogP contribution in [0.1, 0.15) is 24.5 Å². The number of anilines is 1. The number of hydrogen-bond acceptors (Lipinski definition) is 3. The van der Waals surface area contributed by atoms with Gasteiger partial charge in [0, 0.05) is 38.8 Å². The lowest BCUT2D eigenvalue weighted by atomic mass is 10.1. The highest BCUT2D eigenvalue weighted by Crippen LogP contribution is 2.35. The van der Waals surface area contributed by atoms with Gasteiger partial charge in [0.2, 0.25) is 11.8 Å². The number of pyridine rings is 1. The molecule has 1 aromatic heterocycles. The van der Waals surface area contributed by atoms with Crippen LogP contribution in [-0.2, 0) is 22.3 Å². The molecule has 5 nitrogen and oxygen atoms in total. The Kier molecular flexibility index (Phi) is 6.79. The van der Waals surface area contributed by atoms with Gasteiger partial charge in [-0.1, -0.05) is 17.7 Å². The number of alkyl halides is 3. The molecule has 1 N–H and O–H groups in total. The molecule has 27 heavy (non-hydrogen) atoms. The summed E-state index contributed by atoms with van der Waals surface area (Å²) in [5.74, 6) is -0.871. The van der Waals surface area contributed by atoms with Crippen LogP contribution in [0.5, 0.6) is 0 Å². The average Bonchev–Trinajstić information content (AvgIpc) is 2.61. The Morgan fingerprint density at radius 1 is 1.26 bits per heavy atom. The number of rotatable bonds is 6. The number of nitrogens with zero attached hydrogens (tertiary/aromatic N) is 2. The van der Waals surface area contributed by atoms with Crippen molar-refractivity contribution in [2.75, 3.05) is 11.4 Å². The predicted molar refractivity (Wildman–Crippen MR) is 95.2 cm³/mol. The van der Waals surface area contributed by atoms with E-state index >= 15 is 0 Å².